The highest BCUT2D eigenvalue weighted by atomic mass is 35.5. The highest BCUT2D eigenvalue weighted by molar-refractivity contribution is 6.31. The highest BCUT2D eigenvalue weighted by Crippen LogP contribution is 2.14. The van der Waals surface area contributed by atoms with Crippen molar-refractivity contribution in [3.63, 3.8) is 0 Å². The number of rotatable bonds is 7. The van der Waals surface area contributed by atoms with Crippen molar-refractivity contribution < 1.29 is 19.3 Å². The number of ether oxygens (including phenoxy) is 1. The fourth-order valence-electron chi connectivity index (χ4n) is 3.47. The lowest BCUT2D eigenvalue weighted by molar-refractivity contribution is -1.02. The van der Waals surface area contributed by atoms with Crippen LogP contribution in [-0.2, 0) is 17.9 Å². The Balaban J connectivity index is 1.38. The number of nitrogens with one attached hydrogen (secondary N) is 3. The molecule has 0 radical (unpaired) electrons. The number of hydrogen-bond acceptors (Lipinski definition) is 2. The van der Waals surface area contributed by atoms with Gasteiger partial charge in [-0.25, -0.2) is 0 Å². The normalized spacial score (nSPS) is 19.5. The van der Waals surface area contributed by atoms with Crippen LogP contribution in [0.2, 0.25) is 5.02 Å². The first-order valence-corrected chi connectivity index (χ1v) is 9.82. The van der Waals surface area contributed by atoms with E-state index in [4.69, 9.17) is 16.3 Å². The Morgan fingerprint density at radius 3 is 2.37 bits per heavy atom. The van der Waals surface area contributed by atoms with Crippen molar-refractivity contribution >= 4 is 17.5 Å². The summed E-state index contributed by atoms with van der Waals surface area (Å²) in [7, 11) is 1.69. The zero-order valence-corrected chi connectivity index (χ0v) is 16.5. The lowest BCUT2D eigenvalue weighted by Gasteiger charge is -2.29. The Morgan fingerprint density at radius 1 is 1.04 bits per heavy atom. The molecule has 6 heteroatoms. The molecule has 5 nitrogen and oxygen atoms in total. The molecule has 27 heavy (non-hydrogen) atoms. The van der Waals surface area contributed by atoms with Crippen LogP contribution in [-0.4, -0.2) is 45.7 Å². The van der Waals surface area contributed by atoms with Gasteiger partial charge in [0.1, 0.15) is 38.5 Å². The van der Waals surface area contributed by atoms with E-state index < -0.39 is 0 Å². The molecule has 2 aromatic carbocycles. The van der Waals surface area contributed by atoms with Crippen LogP contribution in [0.15, 0.2) is 48.5 Å². The maximum atomic E-state index is 12.2. The number of carbonyl (C=O) groups excluding carboxylic acids is 1. The number of carbonyl (C=O) groups is 1. The molecule has 3 N–H and O–H groups in total. The standard InChI is InChI=1S/C21H26ClN3O2/c1-27-19-8-6-17(7-9-19)15-24-10-12-25(13-11-24)16-21(26)23-14-18-4-2-3-5-20(18)22/h2-9H,10-16H2,1H3,(H,23,26)/p+2. The third-order valence-electron chi connectivity index (χ3n) is 5.12. The maximum absolute atomic E-state index is 12.2. The summed E-state index contributed by atoms with van der Waals surface area (Å²) in [6.45, 7) is 6.24. The van der Waals surface area contributed by atoms with Gasteiger partial charge in [0.05, 0.1) is 7.11 Å². The third kappa shape index (κ3) is 5.96. The van der Waals surface area contributed by atoms with Gasteiger partial charge in [0.15, 0.2) is 6.54 Å². The second kappa shape index (κ2) is 9.74. The van der Waals surface area contributed by atoms with E-state index in [0.717, 1.165) is 44.0 Å². The van der Waals surface area contributed by atoms with Crippen LogP contribution in [0, 0.1) is 0 Å². The van der Waals surface area contributed by atoms with Crippen LogP contribution in [0.5, 0.6) is 5.75 Å². The molecule has 0 spiro atoms. The first-order valence-electron chi connectivity index (χ1n) is 9.44. The highest BCUT2D eigenvalue weighted by Gasteiger charge is 2.24. The molecule has 1 amide bonds. The first kappa shape index (κ1) is 19.7. The number of benzene rings is 2. The lowest BCUT2D eigenvalue weighted by atomic mass is 10.2. The molecule has 0 atom stereocenters. The fourth-order valence-corrected chi connectivity index (χ4v) is 3.67. The SMILES string of the molecule is COc1ccc(C[NH+]2CC[NH+](CC(=O)NCc3ccccc3Cl)CC2)cc1. The fraction of sp³-hybridized carbons (Fsp3) is 0.381. The zero-order valence-electron chi connectivity index (χ0n) is 15.8. The molecule has 3 rings (SSSR count). The van der Waals surface area contributed by atoms with Gasteiger partial charge in [-0.1, -0.05) is 29.8 Å². The van der Waals surface area contributed by atoms with Crippen molar-refractivity contribution in [3.8, 4) is 5.75 Å². The van der Waals surface area contributed by atoms with Gasteiger partial charge in [-0.2, -0.15) is 0 Å². The topological polar surface area (TPSA) is 47.2 Å². The molecule has 0 bridgehead atoms. The van der Waals surface area contributed by atoms with E-state index in [2.05, 4.69) is 17.4 Å². The third-order valence-corrected chi connectivity index (χ3v) is 5.49. The van der Waals surface area contributed by atoms with E-state index in [1.165, 1.54) is 10.5 Å². The molecular weight excluding hydrogens is 362 g/mol. The molecule has 1 heterocycles. The Kier molecular flexibility index (Phi) is 7.10. The smallest absolute Gasteiger partial charge is 0.275 e. The summed E-state index contributed by atoms with van der Waals surface area (Å²) in [4.78, 5) is 15.2. The van der Waals surface area contributed by atoms with Crippen molar-refractivity contribution in [1.82, 2.24) is 5.32 Å². The largest absolute Gasteiger partial charge is 0.497 e. The number of quaternary nitrogens is 2. The van der Waals surface area contributed by atoms with Gasteiger partial charge in [0.25, 0.3) is 5.91 Å². The molecule has 0 saturated carbocycles. The van der Waals surface area contributed by atoms with E-state index in [-0.39, 0.29) is 5.91 Å². The van der Waals surface area contributed by atoms with Gasteiger partial charge < -0.3 is 19.9 Å². The number of hydrogen-bond donors (Lipinski definition) is 3. The Morgan fingerprint density at radius 2 is 1.70 bits per heavy atom. The monoisotopic (exact) mass is 389 g/mol. The zero-order chi connectivity index (χ0) is 19.1. The summed E-state index contributed by atoms with van der Waals surface area (Å²) in [5.41, 5.74) is 2.28. The molecule has 1 saturated heterocycles. The summed E-state index contributed by atoms with van der Waals surface area (Å²) < 4.78 is 5.21. The predicted molar refractivity (Wildman–Crippen MR) is 106 cm³/mol. The second-order valence-electron chi connectivity index (χ2n) is 7.07. The summed E-state index contributed by atoms with van der Waals surface area (Å²) in [6, 6.07) is 15.9. The van der Waals surface area contributed by atoms with Crippen LogP contribution in [0.25, 0.3) is 0 Å². The van der Waals surface area contributed by atoms with E-state index in [1.807, 2.05) is 36.4 Å². The number of halogens is 1. The van der Waals surface area contributed by atoms with E-state index in [0.29, 0.717) is 18.1 Å². The van der Waals surface area contributed by atoms with Gasteiger partial charge in [0.2, 0.25) is 0 Å². The first-order chi connectivity index (χ1) is 13.1. The minimum Gasteiger partial charge on any atom is -0.497 e. The minimum absolute atomic E-state index is 0.0866. The molecule has 144 valence electrons. The summed E-state index contributed by atoms with van der Waals surface area (Å²) in [6.07, 6.45) is 0. The van der Waals surface area contributed by atoms with Gasteiger partial charge in [-0.3, -0.25) is 4.79 Å². The van der Waals surface area contributed by atoms with Crippen molar-refractivity contribution in [1.29, 1.82) is 0 Å². The van der Waals surface area contributed by atoms with Crippen LogP contribution >= 0.6 is 11.6 Å². The average Bonchev–Trinajstić information content (AvgIpc) is 2.69. The number of piperazine rings is 1. The van der Waals surface area contributed by atoms with Crippen molar-refractivity contribution in [2.75, 3.05) is 39.8 Å². The summed E-state index contributed by atoms with van der Waals surface area (Å²) >= 11 is 6.13. The molecule has 0 aromatic heterocycles. The Labute approximate surface area is 165 Å². The van der Waals surface area contributed by atoms with Gasteiger partial charge in [-0.15, -0.1) is 0 Å². The average molecular weight is 390 g/mol. The van der Waals surface area contributed by atoms with Crippen LogP contribution < -0.4 is 19.9 Å². The second-order valence-corrected chi connectivity index (χ2v) is 7.48. The molecular formula is C21H28ClN3O2+2. The van der Waals surface area contributed by atoms with Crippen LogP contribution in [0.4, 0.5) is 0 Å². The van der Waals surface area contributed by atoms with Crippen LogP contribution in [0.3, 0.4) is 0 Å². The summed E-state index contributed by atoms with van der Waals surface area (Å²) in [5, 5.41) is 3.68. The number of amides is 1. The van der Waals surface area contributed by atoms with Crippen molar-refractivity contribution in [3.05, 3.63) is 64.7 Å². The maximum Gasteiger partial charge on any atom is 0.275 e. The van der Waals surface area contributed by atoms with Crippen molar-refractivity contribution in [2.24, 2.45) is 0 Å². The molecule has 0 aliphatic carbocycles. The van der Waals surface area contributed by atoms with Crippen LogP contribution in [0.1, 0.15) is 11.1 Å². The Hall–Kier alpha value is -2.08. The summed E-state index contributed by atoms with van der Waals surface area (Å²) in [5.74, 6) is 0.981. The van der Waals surface area contributed by atoms with Crippen molar-refractivity contribution in [2.45, 2.75) is 13.1 Å². The molecule has 1 fully saturated rings. The van der Waals surface area contributed by atoms with Gasteiger partial charge in [0, 0.05) is 17.1 Å². The molecule has 1 aliphatic rings. The van der Waals surface area contributed by atoms with E-state index in [1.54, 1.807) is 12.0 Å². The molecule has 0 unspecified atom stereocenters. The molecule has 1 aliphatic heterocycles. The molecule has 2 aromatic rings. The predicted octanol–water partition coefficient (Wildman–Crippen LogP) is -0.0516. The Bertz CT molecular complexity index is 743. The van der Waals surface area contributed by atoms with E-state index in [9.17, 15) is 4.79 Å². The minimum atomic E-state index is 0.0866. The van der Waals surface area contributed by atoms with Gasteiger partial charge >= 0.3 is 0 Å². The van der Waals surface area contributed by atoms with E-state index >= 15 is 0 Å². The number of methoxy groups -OCH3 is 1. The van der Waals surface area contributed by atoms with Gasteiger partial charge in [-0.05, 0) is 35.9 Å². The quantitative estimate of drug-likeness (QED) is 0.622. The lowest BCUT2D eigenvalue weighted by Crippen LogP contribution is -3.28.